The van der Waals surface area contributed by atoms with Crippen LogP contribution >= 0.6 is 0 Å². The minimum atomic E-state index is 0.532. The van der Waals surface area contributed by atoms with Crippen LogP contribution in [0.1, 0.15) is 40.0 Å². The molecule has 2 atom stereocenters. The maximum atomic E-state index is 2.70. The summed E-state index contributed by atoms with van der Waals surface area (Å²) in [6.45, 7) is 9.95. The summed E-state index contributed by atoms with van der Waals surface area (Å²) >= 11 is 0. The Balaban J connectivity index is 2.09. The van der Waals surface area contributed by atoms with Gasteiger partial charge in [0.1, 0.15) is 0 Å². The smallest absolute Gasteiger partial charge is 0.0129 e. The van der Waals surface area contributed by atoms with Crippen LogP contribution in [0.25, 0.3) is 0 Å². The molecule has 0 aromatic heterocycles. The van der Waals surface area contributed by atoms with E-state index in [1.54, 1.807) is 0 Å². The van der Waals surface area contributed by atoms with Gasteiger partial charge < -0.3 is 4.90 Å². The first-order valence-corrected chi connectivity index (χ1v) is 5.33. The van der Waals surface area contributed by atoms with Crippen molar-refractivity contribution in [1.82, 2.24) is 4.90 Å². The van der Waals surface area contributed by atoms with Crippen molar-refractivity contribution >= 4 is 0 Å². The fourth-order valence-corrected chi connectivity index (χ4v) is 3.09. The van der Waals surface area contributed by atoms with Gasteiger partial charge in [-0.1, -0.05) is 20.8 Å². The lowest BCUT2D eigenvalue weighted by atomic mass is 9.76. The second-order valence-corrected chi connectivity index (χ2v) is 5.51. The normalized spacial score (nSPS) is 37.2. The van der Waals surface area contributed by atoms with Gasteiger partial charge >= 0.3 is 0 Å². The van der Waals surface area contributed by atoms with E-state index in [4.69, 9.17) is 0 Å². The molecule has 0 saturated carbocycles. The first kappa shape index (κ1) is 8.55. The third-order valence-electron chi connectivity index (χ3n) is 3.72. The van der Waals surface area contributed by atoms with Gasteiger partial charge in [0, 0.05) is 6.04 Å². The highest BCUT2D eigenvalue weighted by molar-refractivity contribution is 4.95. The van der Waals surface area contributed by atoms with Gasteiger partial charge in [-0.25, -0.2) is 0 Å². The van der Waals surface area contributed by atoms with E-state index in [2.05, 4.69) is 25.7 Å². The Hall–Kier alpha value is -0.0400. The lowest BCUT2D eigenvalue weighted by Gasteiger charge is -2.32. The van der Waals surface area contributed by atoms with Crippen molar-refractivity contribution in [1.29, 1.82) is 0 Å². The van der Waals surface area contributed by atoms with Crippen LogP contribution in [0.3, 0.4) is 0 Å². The van der Waals surface area contributed by atoms with Crippen LogP contribution in [-0.2, 0) is 0 Å². The lowest BCUT2D eigenvalue weighted by Crippen LogP contribution is -2.32. The van der Waals surface area contributed by atoms with E-state index in [-0.39, 0.29) is 0 Å². The van der Waals surface area contributed by atoms with E-state index >= 15 is 0 Å². The summed E-state index contributed by atoms with van der Waals surface area (Å²) < 4.78 is 0. The topological polar surface area (TPSA) is 3.24 Å². The Bertz CT molecular complexity index is 168. The molecular formula is C11H21N. The highest BCUT2D eigenvalue weighted by atomic mass is 15.2. The van der Waals surface area contributed by atoms with E-state index in [1.807, 2.05) is 0 Å². The third kappa shape index (κ3) is 1.28. The van der Waals surface area contributed by atoms with Gasteiger partial charge in [0.05, 0.1) is 0 Å². The monoisotopic (exact) mass is 167 g/mol. The SMILES string of the molecule is CC(C)(C)C1CCN2CCCC12. The first-order chi connectivity index (χ1) is 5.59. The van der Waals surface area contributed by atoms with Crippen molar-refractivity contribution in [2.45, 2.75) is 46.1 Å². The molecule has 1 nitrogen and oxygen atoms in total. The van der Waals surface area contributed by atoms with Crippen LogP contribution in [0.4, 0.5) is 0 Å². The second kappa shape index (κ2) is 2.73. The summed E-state index contributed by atoms with van der Waals surface area (Å²) in [5.41, 5.74) is 0.532. The molecule has 2 saturated heterocycles. The zero-order valence-corrected chi connectivity index (χ0v) is 8.64. The van der Waals surface area contributed by atoms with Gasteiger partial charge in [0.25, 0.3) is 0 Å². The van der Waals surface area contributed by atoms with Crippen LogP contribution in [0.15, 0.2) is 0 Å². The van der Waals surface area contributed by atoms with E-state index in [0.717, 1.165) is 12.0 Å². The summed E-state index contributed by atoms with van der Waals surface area (Å²) in [5.74, 6) is 0.958. The molecule has 0 amide bonds. The van der Waals surface area contributed by atoms with Crippen molar-refractivity contribution in [3.8, 4) is 0 Å². The van der Waals surface area contributed by atoms with Gasteiger partial charge in [-0.15, -0.1) is 0 Å². The van der Waals surface area contributed by atoms with E-state index < -0.39 is 0 Å². The molecule has 0 aromatic carbocycles. The molecule has 0 spiro atoms. The molecular weight excluding hydrogens is 146 g/mol. The van der Waals surface area contributed by atoms with Crippen LogP contribution in [0, 0.1) is 11.3 Å². The maximum Gasteiger partial charge on any atom is 0.0129 e. The molecule has 0 N–H and O–H groups in total. The molecule has 70 valence electrons. The van der Waals surface area contributed by atoms with Gasteiger partial charge in [-0.2, -0.15) is 0 Å². The molecule has 2 aliphatic rings. The summed E-state index contributed by atoms with van der Waals surface area (Å²) in [4.78, 5) is 2.70. The Morgan fingerprint density at radius 3 is 2.50 bits per heavy atom. The number of fused-ring (bicyclic) bond motifs is 1. The second-order valence-electron chi connectivity index (χ2n) is 5.51. The zero-order valence-electron chi connectivity index (χ0n) is 8.64. The van der Waals surface area contributed by atoms with Crippen molar-refractivity contribution in [3.63, 3.8) is 0 Å². The van der Waals surface area contributed by atoms with E-state index in [0.29, 0.717) is 5.41 Å². The zero-order chi connectivity index (χ0) is 8.77. The molecule has 1 heteroatoms. The number of hydrogen-bond donors (Lipinski definition) is 0. The molecule has 12 heavy (non-hydrogen) atoms. The third-order valence-corrected chi connectivity index (χ3v) is 3.72. The molecule has 2 heterocycles. The quantitative estimate of drug-likeness (QED) is 0.536. The Morgan fingerprint density at radius 1 is 1.08 bits per heavy atom. The summed E-state index contributed by atoms with van der Waals surface area (Å²) in [6.07, 6.45) is 4.34. The molecule has 2 aliphatic heterocycles. The molecule has 0 bridgehead atoms. The fourth-order valence-electron chi connectivity index (χ4n) is 3.09. The number of rotatable bonds is 0. The fraction of sp³-hybridized carbons (Fsp3) is 1.00. The Morgan fingerprint density at radius 2 is 1.83 bits per heavy atom. The van der Waals surface area contributed by atoms with Crippen molar-refractivity contribution in [3.05, 3.63) is 0 Å². The highest BCUT2D eigenvalue weighted by Crippen LogP contribution is 2.42. The van der Waals surface area contributed by atoms with Gasteiger partial charge in [-0.05, 0) is 43.7 Å². The molecule has 2 rings (SSSR count). The maximum absolute atomic E-state index is 2.70. The van der Waals surface area contributed by atoms with Gasteiger partial charge in [0.2, 0.25) is 0 Å². The molecule has 2 fully saturated rings. The van der Waals surface area contributed by atoms with Crippen LogP contribution in [0.5, 0.6) is 0 Å². The Labute approximate surface area is 76.1 Å². The van der Waals surface area contributed by atoms with Gasteiger partial charge in [0.15, 0.2) is 0 Å². The highest BCUT2D eigenvalue weighted by Gasteiger charge is 2.42. The van der Waals surface area contributed by atoms with Crippen molar-refractivity contribution < 1.29 is 0 Å². The summed E-state index contributed by atoms with van der Waals surface area (Å²) in [5, 5.41) is 0. The number of hydrogen-bond acceptors (Lipinski definition) is 1. The average molecular weight is 167 g/mol. The average Bonchev–Trinajstić information content (AvgIpc) is 2.37. The standard InChI is InChI=1S/C11H21N/c1-11(2,3)9-6-8-12-7-4-5-10(9)12/h9-10H,4-8H2,1-3H3. The van der Waals surface area contributed by atoms with Crippen LogP contribution < -0.4 is 0 Å². The molecule has 0 aliphatic carbocycles. The molecule has 2 unspecified atom stereocenters. The van der Waals surface area contributed by atoms with Crippen molar-refractivity contribution in [2.24, 2.45) is 11.3 Å². The predicted molar refractivity (Wildman–Crippen MR) is 52.2 cm³/mol. The predicted octanol–water partition coefficient (Wildman–Crippen LogP) is 2.52. The lowest BCUT2D eigenvalue weighted by molar-refractivity contribution is 0.182. The Kier molecular flexibility index (Phi) is 1.95. The van der Waals surface area contributed by atoms with E-state index in [9.17, 15) is 0 Å². The largest absolute Gasteiger partial charge is 0.300 e. The summed E-state index contributed by atoms with van der Waals surface area (Å²) in [7, 11) is 0. The van der Waals surface area contributed by atoms with E-state index in [1.165, 1.54) is 32.4 Å². The van der Waals surface area contributed by atoms with Crippen LogP contribution in [-0.4, -0.2) is 24.0 Å². The minimum absolute atomic E-state index is 0.532. The molecule has 0 radical (unpaired) electrons. The minimum Gasteiger partial charge on any atom is -0.300 e. The summed E-state index contributed by atoms with van der Waals surface area (Å²) in [6, 6.07) is 0.935. The van der Waals surface area contributed by atoms with Gasteiger partial charge in [-0.3, -0.25) is 0 Å². The van der Waals surface area contributed by atoms with Crippen molar-refractivity contribution in [2.75, 3.05) is 13.1 Å². The first-order valence-electron chi connectivity index (χ1n) is 5.33. The number of nitrogens with zero attached hydrogens (tertiary/aromatic N) is 1. The molecule has 0 aromatic rings. The van der Waals surface area contributed by atoms with Crippen LogP contribution in [0.2, 0.25) is 0 Å².